The van der Waals surface area contributed by atoms with Crippen LogP contribution in [0.1, 0.15) is 18.1 Å². The molecule has 0 N–H and O–H groups in total. The van der Waals surface area contributed by atoms with Crippen molar-refractivity contribution < 1.29 is 14.3 Å². The number of ketones is 1. The summed E-state index contributed by atoms with van der Waals surface area (Å²) >= 11 is 5.94. The van der Waals surface area contributed by atoms with Crippen LogP contribution >= 0.6 is 11.6 Å². The van der Waals surface area contributed by atoms with Crippen molar-refractivity contribution in [2.45, 2.75) is 13.8 Å². The number of benzene rings is 2. The molecule has 26 heavy (non-hydrogen) atoms. The highest BCUT2D eigenvalue weighted by molar-refractivity contribution is 6.31. The van der Waals surface area contributed by atoms with Crippen molar-refractivity contribution in [2.24, 2.45) is 0 Å². The second-order valence-electron chi connectivity index (χ2n) is 6.03. The van der Waals surface area contributed by atoms with E-state index in [0.29, 0.717) is 16.4 Å². The normalized spacial score (nSPS) is 15.8. The van der Waals surface area contributed by atoms with E-state index >= 15 is 0 Å². The zero-order chi connectivity index (χ0) is 18.8. The number of allylic oxidation sites excluding steroid dienone is 2. The molecule has 1 heterocycles. The van der Waals surface area contributed by atoms with E-state index < -0.39 is 5.97 Å². The number of methoxy groups -OCH3 is 1. The summed E-state index contributed by atoms with van der Waals surface area (Å²) in [6.45, 7) is 3.73. The fraction of sp³-hybridized carbons (Fsp3) is 0.143. The first-order chi connectivity index (χ1) is 12.4. The summed E-state index contributed by atoms with van der Waals surface area (Å²) in [5.41, 5.74) is 3.72. The molecule has 0 atom stereocenters. The van der Waals surface area contributed by atoms with E-state index in [1.165, 1.54) is 7.11 Å². The minimum absolute atomic E-state index is 0.0493. The summed E-state index contributed by atoms with van der Waals surface area (Å²) in [6.07, 6.45) is 1.75. The van der Waals surface area contributed by atoms with Gasteiger partial charge in [0.05, 0.1) is 12.8 Å². The molecule has 0 saturated heterocycles. The first-order valence-electron chi connectivity index (χ1n) is 8.10. The first-order valence-corrected chi connectivity index (χ1v) is 8.48. The van der Waals surface area contributed by atoms with Crippen LogP contribution in [0.25, 0.3) is 6.08 Å². The number of hydrogen-bond donors (Lipinski definition) is 0. The molecule has 2 aromatic rings. The first kappa shape index (κ1) is 18.0. The van der Waals surface area contributed by atoms with Crippen molar-refractivity contribution in [3.05, 3.63) is 81.6 Å². The molecule has 1 aliphatic rings. The van der Waals surface area contributed by atoms with Crippen molar-refractivity contribution >= 4 is 35.1 Å². The van der Waals surface area contributed by atoms with Gasteiger partial charge in [0.1, 0.15) is 5.57 Å². The molecule has 1 aliphatic heterocycles. The SMILES string of the molecule is COC(=O)C1=C(C)N(c2ccc(C)cc2)/C(=C/c2ccc(Cl)cc2)C1=O. The zero-order valence-corrected chi connectivity index (χ0v) is 15.5. The second-order valence-corrected chi connectivity index (χ2v) is 6.47. The van der Waals surface area contributed by atoms with Crippen LogP contribution in [0, 0.1) is 6.92 Å². The Morgan fingerprint density at radius 2 is 1.65 bits per heavy atom. The highest BCUT2D eigenvalue weighted by Gasteiger charge is 2.38. The number of Topliss-reactive ketones (excluding diaryl/α,β-unsaturated/α-hetero) is 1. The maximum atomic E-state index is 12.9. The molecule has 0 aliphatic carbocycles. The molecule has 0 fully saturated rings. The maximum absolute atomic E-state index is 12.9. The molecule has 0 amide bonds. The van der Waals surface area contributed by atoms with Crippen LogP contribution in [-0.2, 0) is 14.3 Å². The molecule has 3 rings (SSSR count). The molecule has 132 valence electrons. The van der Waals surface area contributed by atoms with Crippen LogP contribution in [0.3, 0.4) is 0 Å². The topological polar surface area (TPSA) is 46.6 Å². The van der Waals surface area contributed by atoms with E-state index in [9.17, 15) is 9.59 Å². The van der Waals surface area contributed by atoms with Gasteiger partial charge in [0.2, 0.25) is 5.78 Å². The lowest BCUT2D eigenvalue weighted by atomic mass is 10.1. The summed E-state index contributed by atoms with van der Waals surface area (Å²) in [4.78, 5) is 26.9. The third-order valence-electron chi connectivity index (χ3n) is 4.25. The van der Waals surface area contributed by atoms with Crippen molar-refractivity contribution in [3.8, 4) is 0 Å². The number of carbonyl (C=O) groups excluding carboxylic acids is 2. The summed E-state index contributed by atoms with van der Waals surface area (Å²) in [5.74, 6) is -0.992. The van der Waals surface area contributed by atoms with Crippen LogP contribution in [0.4, 0.5) is 5.69 Å². The van der Waals surface area contributed by atoms with Gasteiger partial charge in [0.25, 0.3) is 0 Å². The second kappa shape index (κ2) is 7.18. The number of anilines is 1. The Bertz CT molecular complexity index is 925. The van der Waals surface area contributed by atoms with E-state index in [1.54, 1.807) is 30.0 Å². The Labute approximate surface area is 157 Å². The third-order valence-corrected chi connectivity index (χ3v) is 4.50. The molecule has 2 aromatic carbocycles. The van der Waals surface area contributed by atoms with Crippen molar-refractivity contribution in [2.75, 3.05) is 12.0 Å². The van der Waals surface area contributed by atoms with Crippen LogP contribution in [-0.4, -0.2) is 18.9 Å². The lowest BCUT2D eigenvalue weighted by molar-refractivity contribution is -0.137. The molecule has 0 bridgehead atoms. The smallest absolute Gasteiger partial charge is 0.343 e. The molecular formula is C21H18ClNO3. The molecule has 0 spiro atoms. The highest BCUT2D eigenvalue weighted by atomic mass is 35.5. The Hall–Kier alpha value is -2.85. The average molecular weight is 368 g/mol. The van der Waals surface area contributed by atoms with Crippen LogP contribution < -0.4 is 4.90 Å². The van der Waals surface area contributed by atoms with E-state index in [-0.39, 0.29) is 11.4 Å². The standard InChI is InChI=1S/C21H18ClNO3/c1-13-4-10-17(11-5-13)23-14(2)19(21(25)26-3)20(24)18(23)12-15-6-8-16(22)9-7-15/h4-12H,1-3H3/b18-12+. The molecule has 4 nitrogen and oxygen atoms in total. The highest BCUT2D eigenvalue weighted by Crippen LogP contribution is 2.35. The monoisotopic (exact) mass is 367 g/mol. The fourth-order valence-electron chi connectivity index (χ4n) is 2.90. The number of aryl methyl sites for hydroxylation is 1. The Kier molecular flexibility index (Phi) is 4.96. The molecular weight excluding hydrogens is 350 g/mol. The minimum Gasteiger partial charge on any atom is -0.465 e. The lowest BCUT2D eigenvalue weighted by Crippen LogP contribution is -2.18. The fourth-order valence-corrected chi connectivity index (χ4v) is 3.03. The van der Waals surface area contributed by atoms with Gasteiger partial charge in [-0.15, -0.1) is 0 Å². The number of esters is 1. The van der Waals surface area contributed by atoms with Gasteiger partial charge in [-0.2, -0.15) is 0 Å². The number of carbonyl (C=O) groups is 2. The van der Waals surface area contributed by atoms with E-state index in [1.807, 2.05) is 43.3 Å². The summed E-state index contributed by atoms with van der Waals surface area (Å²) in [6, 6.07) is 14.9. The number of halogens is 1. The quantitative estimate of drug-likeness (QED) is 0.454. The Morgan fingerprint density at radius 1 is 1.04 bits per heavy atom. The van der Waals surface area contributed by atoms with Crippen molar-refractivity contribution in [1.29, 1.82) is 0 Å². The van der Waals surface area contributed by atoms with Crippen molar-refractivity contribution in [3.63, 3.8) is 0 Å². The number of ether oxygens (including phenoxy) is 1. The van der Waals surface area contributed by atoms with Crippen LogP contribution in [0.2, 0.25) is 5.02 Å². The van der Waals surface area contributed by atoms with Gasteiger partial charge in [0.15, 0.2) is 0 Å². The molecule has 0 radical (unpaired) electrons. The van der Waals surface area contributed by atoms with Crippen molar-refractivity contribution in [1.82, 2.24) is 0 Å². The van der Waals surface area contributed by atoms with Gasteiger partial charge < -0.3 is 9.64 Å². The van der Waals surface area contributed by atoms with Gasteiger partial charge in [-0.25, -0.2) is 4.79 Å². The Morgan fingerprint density at radius 3 is 2.23 bits per heavy atom. The van der Waals surface area contributed by atoms with Gasteiger partial charge in [-0.05, 0) is 49.8 Å². The van der Waals surface area contributed by atoms with Crippen LogP contribution in [0.15, 0.2) is 65.5 Å². The number of hydrogen-bond acceptors (Lipinski definition) is 4. The molecule has 0 unspecified atom stereocenters. The number of nitrogens with zero attached hydrogens (tertiary/aromatic N) is 1. The zero-order valence-electron chi connectivity index (χ0n) is 14.7. The summed E-state index contributed by atoms with van der Waals surface area (Å²) in [5, 5.41) is 0.616. The Balaban J connectivity index is 2.14. The largest absolute Gasteiger partial charge is 0.465 e. The maximum Gasteiger partial charge on any atom is 0.343 e. The van der Waals surface area contributed by atoms with E-state index in [2.05, 4.69) is 0 Å². The van der Waals surface area contributed by atoms with Gasteiger partial charge >= 0.3 is 5.97 Å². The molecule has 0 saturated carbocycles. The minimum atomic E-state index is -0.635. The summed E-state index contributed by atoms with van der Waals surface area (Å²) in [7, 11) is 1.27. The van der Waals surface area contributed by atoms with Gasteiger partial charge in [-0.1, -0.05) is 41.4 Å². The molecule has 0 aromatic heterocycles. The summed E-state index contributed by atoms with van der Waals surface area (Å²) < 4.78 is 4.80. The predicted octanol–water partition coefficient (Wildman–Crippen LogP) is 4.53. The van der Waals surface area contributed by atoms with Crippen LogP contribution in [0.5, 0.6) is 0 Å². The van der Waals surface area contributed by atoms with E-state index in [4.69, 9.17) is 16.3 Å². The third kappa shape index (κ3) is 3.28. The predicted molar refractivity (Wildman–Crippen MR) is 103 cm³/mol. The van der Waals surface area contributed by atoms with Gasteiger partial charge in [0, 0.05) is 16.4 Å². The molecule has 5 heteroatoms. The average Bonchev–Trinajstić information content (AvgIpc) is 2.87. The lowest BCUT2D eigenvalue weighted by Gasteiger charge is -2.21. The van der Waals surface area contributed by atoms with E-state index in [0.717, 1.165) is 16.8 Å². The van der Waals surface area contributed by atoms with Gasteiger partial charge in [-0.3, -0.25) is 4.79 Å². The number of rotatable bonds is 3.